The van der Waals surface area contributed by atoms with E-state index in [1.807, 2.05) is 12.3 Å². The number of nitrogens with zero attached hydrogens (tertiary/aromatic N) is 5. The van der Waals surface area contributed by atoms with E-state index in [4.69, 9.17) is 4.98 Å². The molecule has 0 aliphatic heterocycles. The fourth-order valence-electron chi connectivity index (χ4n) is 9.11. The highest BCUT2D eigenvalue weighted by atomic mass is 15.1. The number of rotatable bonds is 4. The zero-order chi connectivity index (χ0) is 36.8. The quantitative estimate of drug-likeness (QED) is 0.171. The molecule has 0 fully saturated rings. The van der Waals surface area contributed by atoms with Gasteiger partial charge in [0.05, 0.1) is 28.6 Å². The van der Waals surface area contributed by atoms with E-state index >= 15 is 0 Å². The zero-order valence-corrected chi connectivity index (χ0v) is 30.7. The van der Waals surface area contributed by atoms with Crippen molar-refractivity contribution in [2.75, 3.05) is 0 Å². The van der Waals surface area contributed by atoms with Gasteiger partial charge in [-0.25, -0.2) is 15.0 Å². The van der Waals surface area contributed by atoms with Crippen LogP contribution in [0, 0.1) is 20.8 Å². The number of aryl methyl sites for hydroxylation is 3. The van der Waals surface area contributed by atoms with Crippen molar-refractivity contribution >= 4 is 65.3 Å². The third kappa shape index (κ3) is 4.69. The van der Waals surface area contributed by atoms with Gasteiger partial charge in [0.25, 0.3) is 0 Å². The Hall–Kier alpha value is -7.11. The van der Waals surface area contributed by atoms with Crippen molar-refractivity contribution in [3.05, 3.63) is 175 Å². The first kappa shape index (κ1) is 31.4. The minimum absolute atomic E-state index is 0.669. The van der Waals surface area contributed by atoms with Crippen molar-refractivity contribution < 1.29 is 0 Å². The van der Waals surface area contributed by atoms with E-state index in [2.05, 4.69) is 179 Å². The van der Waals surface area contributed by atoms with E-state index < -0.39 is 0 Å². The lowest BCUT2D eigenvalue weighted by Crippen LogP contribution is -2.01. The van der Waals surface area contributed by atoms with Gasteiger partial charge in [-0.1, -0.05) is 121 Å². The maximum Gasteiger partial charge on any atom is 0.181 e. The van der Waals surface area contributed by atoms with Gasteiger partial charge in [0.2, 0.25) is 0 Å². The Morgan fingerprint density at radius 1 is 0.455 bits per heavy atom. The summed E-state index contributed by atoms with van der Waals surface area (Å²) in [6.07, 6.45) is 3.44. The topological polar surface area (TPSA) is 48.5 Å². The summed E-state index contributed by atoms with van der Waals surface area (Å²) in [6.45, 7) is 6.63. The van der Waals surface area contributed by atoms with Crippen molar-refractivity contribution in [3.8, 4) is 33.9 Å². The van der Waals surface area contributed by atoms with Gasteiger partial charge < -0.3 is 4.57 Å². The summed E-state index contributed by atoms with van der Waals surface area (Å²) in [7, 11) is 0. The number of imidazole rings is 1. The van der Waals surface area contributed by atoms with Gasteiger partial charge in [-0.2, -0.15) is 0 Å². The summed E-state index contributed by atoms with van der Waals surface area (Å²) < 4.78 is 4.69. The molecule has 0 aliphatic carbocycles. The summed E-state index contributed by atoms with van der Waals surface area (Å²) in [4.78, 5) is 14.1. The largest absolute Gasteiger partial charge is 0.309 e. The Balaban J connectivity index is 1.20. The van der Waals surface area contributed by atoms with Crippen molar-refractivity contribution in [2.24, 2.45) is 0 Å². The molecule has 0 N–H and O–H groups in total. The molecule has 260 valence electrons. The van der Waals surface area contributed by atoms with E-state index in [0.29, 0.717) is 5.65 Å². The average Bonchev–Trinajstić information content (AvgIpc) is 3.76. The monoisotopic (exact) mass is 705 g/mol. The van der Waals surface area contributed by atoms with Gasteiger partial charge in [-0.3, -0.25) is 4.57 Å². The molecule has 5 nitrogen and oxygen atoms in total. The molecule has 0 unspecified atom stereocenters. The Bertz CT molecular complexity index is 3330. The molecule has 11 aromatic rings. The van der Waals surface area contributed by atoms with Gasteiger partial charge >= 0.3 is 0 Å². The van der Waals surface area contributed by atoms with E-state index in [1.165, 1.54) is 82.2 Å². The van der Waals surface area contributed by atoms with Gasteiger partial charge in [-0.15, -0.1) is 0 Å². The van der Waals surface area contributed by atoms with Crippen LogP contribution < -0.4 is 0 Å². The molecule has 0 aliphatic rings. The smallest absolute Gasteiger partial charge is 0.181 e. The highest BCUT2D eigenvalue weighted by Gasteiger charge is 2.21. The third-order valence-corrected chi connectivity index (χ3v) is 11.3. The molecule has 3 heterocycles. The van der Waals surface area contributed by atoms with E-state index in [-0.39, 0.29) is 0 Å². The van der Waals surface area contributed by atoms with Crippen molar-refractivity contribution in [1.29, 1.82) is 0 Å². The Morgan fingerprint density at radius 2 is 1.09 bits per heavy atom. The van der Waals surface area contributed by atoms with Crippen LogP contribution in [0.25, 0.3) is 99.2 Å². The molecule has 8 aromatic carbocycles. The second-order valence-electron chi connectivity index (χ2n) is 14.7. The SMILES string of the molecule is Cc1cc(C)c(-n2c3ccccc3c3cc(-c4cc5c6ccccc6c(-n6c(-c7ccccc7)nc7ncncc76)cc5c5ccccc45)ccc32)c(C)c1. The van der Waals surface area contributed by atoms with E-state index in [0.717, 1.165) is 28.0 Å². The summed E-state index contributed by atoms with van der Waals surface area (Å²) in [6, 6.07) is 53.1. The number of benzene rings is 8. The second kappa shape index (κ2) is 12.0. The van der Waals surface area contributed by atoms with Crippen LogP contribution >= 0.6 is 0 Å². The number of fused-ring (bicyclic) bond motifs is 9. The molecule has 0 spiro atoms. The first-order valence-corrected chi connectivity index (χ1v) is 18.8. The summed E-state index contributed by atoms with van der Waals surface area (Å²) in [5.41, 5.74) is 13.6. The third-order valence-electron chi connectivity index (χ3n) is 11.3. The Labute approximate surface area is 317 Å². The first-order chi connectivity index (χ1) is 27.0. The van der Waals surface area contributed by atoms with Crippen LogP contribution in [0.2, 0.25) is 0 Å². The van der Waals surface area contributed by atoms with Crippen LogP contribution in [0.3, 0.4) is 0 Å². The Kier molecular flexibility index (Phi) is 6.83. The number of para-hydroxylation sites is 1. The van der Waals surface area contributed by atoms with Gasteiger partial charge in [-0.05, 0) is 100 Å². The van der Waals surface area contributed by atoms with Gasteiger partial charge in [0.15, 0.2) is 5.65 Å². The molecule has 0 radical (unpaired) electrons. The summed E-state index contributed by atoms with van der Waals surface area (Å²) >= 11 is 0. The molecule has 0 atom stereocenters. The average molecular weight is 706 g/mol. The molecule has 11 rings (SSSR count). The lowest BCUT2D eigenvalue weighted by Gasteiger charge is -2.18. The number of hydrogen-bond acceptors (Lipinski definition) is 3. The zero-order valence-electron chi connectivity index (χ0n) is 30.7. The maximum absolute atomic E-state index is 5.05. The summed E-state index contributed by atoms with van der Waals surface area (Å²) in [5.74, 6) is 0.838. The highest BCUT2D eigenvalue weighted by molar-refractivity contribution is 6.23. The van der Waals surface area contributed by atoms with Crippen LogP contribution in [0.4, 0.5) is 0 Å². The predicted octanol–water partition coefficient (Wildman–Crippen LogP) is 12.6. The van der Waals surface area contributed by atoms with Gasteiger partial charge in [0, 0.05) is 21.7 Å². The summed E-state index contributed by atoms with van der Waals surface area (Å²) in [5, 5.41) is 9.65. The molecule has 0 bridgehead atoms. The maximum atomic E-state index is 5.05. The molecule has 5 heteroatoms. The molecule has 0 saturated heterocycles. The fourth-order valence-corrected chi connectivity index (χ4v) is 9.11. The molecular formula is C50H35N5. The number of hydrogen-bond donors (Lipinski definition) is 0. The molecule has 3 aromatic heterocycles. The first-order valence-electron chi connectivity index (χ1n) is 18.8. The van der Waals surface area contributed by atoms with Crippen molar-refractivity contribution in [3.63, 3.8) is 0 Å². The minimum Gasteiger partial charge on any atom is -0.309 e. The lowest BCUT2D eigenvalue weighted by atomic mass is 9.90. The van der Waals surface area contributed by atoms with Crippen molar-refractivity contribution in [2.45, 2.75) is 20.8 Å². The van der Waals surface area contributed by atoms with Crippen LogP contribution in [0.5, 0.6) is 0 Å². The molecule has 0 saturated carbocycles. The van der Waals surface area contributed by atoms with Gasteiger partial charge in [0.1, 0.15) is 17.7 Å². The highest BCUT2D eigenvalue weighted by Crippen LogP contribution is 2.43. The Morgan fingerprint density at radius 3 is 1.87 bits per heavy atom. The van der Waals surface area contributed by atoms with Crippen LogP contribution in [-0.4, -0.2) is 24.1 Å². The predicted molar refractivity (Wildman–Crippen MR) is 229 cm³/mol. The van der Waals surface area contributed by atoms with E-state index in [1.54, 1.807) is 6.33 Å². The molecular weight excluding hydrogens is 671 g/mol. The molecule has 0 amide bonds. The standard InChI is InChI=1S/C50H35N5/c1-30-23-31(2)48(32(3)24-30)54-44-20-12-11-19-39(44)43-25-34(21-22-45(43)54)40-26-41-37-17-9-10-18-38(37)46(27-42(41)36-16-8-7-15-35(36)40)55-47-28-51-29-52-49(47)53-50(55)33-13-5-4-6-14-33/h4-29H,1-3H3. The van der Waals surface area contributed by atoms with E-state index in [9.17, 15) is 0 Å². The van der Waals surface area contributed by atoms with Crippen molar-refractivity contribution in [1.82, 2.24) is 24.1 Å². The lowest BCUT2D eigenvalue weighted by molar-refractivity contribution is 1.11. The molecule has 55 heavy (non-hydrogen) atoms. The fraction of sp³-hybridized carbons (Fsp3) is 0.0600. The number of aromatic nitrogens is 5. The normalized spacial score (nSPS) is 11.9. The minimum atomic E-state index is 0.669. The van der Waals surface area contributed by atoms with Crippen LogP contribution in [-0.2, 0) is 0 Å². The van der Waals surface area contributed by atoms with Crippen LogP contribution in [0.1, 0.15) is 16.7 Å². The van der Waals surface area contributed by atoms with Crippen LogP contribution in [0.15, 0.2) is 158 Å². The second-order valence-corrected chi connectivity index (χ2v) is 14.7.